The number of nitrogens with zero attached hydrogens (tertiary/aromatic N) is 1. The number of benzene rings is 1. The first kappa shape index (κ1) is 13.8. The summed E-state index contributed by atoms with van der Waals surface area (Å²) in [6.07, 6.45) is -0.370. The Kier molecular flexibility index (Phi) is 3.78. The van der Waals surface area contributed by atoms with Gasteiger partial charge in [0.15, 0.2) is 0 Å². The maximum Gasteiger partial charge on any atom is 0.254 e. The largest absolute Gasteiger partial charge is 0.508 e. The quantitative estimate of drug-likeness (QED) is 0.837. The van der Waals surface area contributed by atoms with Gasteiger partial charge in [0.1, 0.15) is 5.75 Å². The second-order valence-electron chi connectivity index (χ2n) is 5.42. The average Bonchev–Trinajstić information content (AvgIpc) is 2.36. The standard InChI is InChI=1S/C14H19NO4/c1-14(2)9-15(7-12(8-16)19-14)13(18)10-4-3-5-11(17)6-10/h3-6,12,16-17H,7-9H2,1-2H3. The number of carbonyl (C=O) groups is 1. The van der Waals surface area contributed by atoms with E-state index >= 15 is 0 Å². The number of phenols is 1. The molecule has 1 unspecified atom stereocenters. The predicted molar refractivity (Wildman–Crippen MR) is 70.0 cm³/mol. The number of aliphatic hydroxyl groups excluding tert-OH is 1. The lowest BCUT2D eigenvalue weighted by molar-refractivity contribution is -0.139. The van der Waals surface area contributed by atoms with E-state index in [1.54, 1.807) is 17.0 Å². The van der Waals surface area contributed by atoms with Crippen LogP contribution < -0.4 is 0 Å². The molecule has 0 saturated carbocycles. The molecular weight excluding hydrogens is 246 g/mol. The zero-order chi connectivity index (χ0) is 14.0. The molecule has 1 aliphatic rings. The van der Waals surface area contributed by atoms with E-state index < -0.39 is 5.60 Å². The molecule has 1 saturated heterocycles. The van der Waals surface area contributed by atoms with Crippen LogP contribution >= 0.6 is 0 Å². The van der Waals surface area contributed by atoms with Gasteiger partial charge in [-0.1, -0.05) is 6.07 Å². The zero-order valence-electron chi connectivity index (χ0n) is 11.2. The molecular formula is C14H19NO4. The van der Waals surface area contributed by atoms with Gasteiger partial charge in [-0.3, -0.25) is 4.79 Å². The van der Waals surface area contributed by atoms with Crippen LogP contribution in [0.5, 0.6) is 5.75 Å². The van der Waals surface area contributed by atoms with Crippen LogP contribution in [-0.2, 0) is 4.74 Å². The Balaban J connectivity index is 2.18. The lowest BCUT2D eigenvalue weighted by atomic mass is 10.0. The summed E-state index contributed by atoms with van der Waals surface area (Å²) < 4.78 is 5.67. The second-order valence-corrected chi connectivity index (χ2v) is 5.42. The normalized spacial score (nSPS) is 22.3. The molecule has 0 aliphatic carbocycles. The fourth-order valence-electron chi connectivity index (χ4n) is 2.37. The summed E-state index contributed by atoms with van der Waals surface area (Å²) in [5.74, 6) is -0.0946. The molecule has 1 aromatic rings. The average molecular weight is 265 g/mol. The van der Waals surface area contributed by atoms with Gasteiger partial charge in [0.05, 0.1) is 18.3 Å². The van der Waals surface area contributed by atoms with Crippen LogP contribution in [0.3, 0.4) is 0 Å². The fraction of sp³-hybridized carbons (Fsp3) is 0.500. The van der Waals surface area contributed by atoms with Crippen LogP contribution in [0.15, 0.2) is 24.3 Å². The summed E-state index contributed by atoms with van der Waals surface area (Å²) in [6.45, 7) is 4.47. The summed E-state index contributed by atoms with van der Waals surface area (Å²) in [6, 6.07) is 6.27. The molecule has 5 nitrogen and oxygen atoms in total. The molecule has 104 valence electrons. The van der Waals surface area contributed by atoms with Crippen LogP contribution in [-0.4, -0.2) is 52.4 Å². The van der Waals surface area contributed by atoms with E-state index in [1.165, 1.54) is 12.1 Å². The summed E-state index contributed by atoms with van der Waals surface area (Å²) >= 11 is 0. The van der Waals surface area contributed by atoms with E-state index in [0.717, 1.165) is 0 Å². The Morgan fingerprint density at radius 3 is 2.89 bits per heavy atom. The highest BCUT2D eigenvalue weighted by Crippen LogP contribution is 2.23. The molecule has 1 atom stereocenters. The van der Waals surface area contributed by atoms with Crippen molar-refractivity contribution in [1.29, 1.82) is 0 Å². The van der Waals surface area contributed by atoms with Crippen molar-refractivity contribution >= 4 is 5.91 Å². The van der Waals surface area contributed by atoms with Crippen molar-refractivity contribution in [2.45, 2.75) is 25.6 Å². The molecule has 19 heavy (non-hydrogen) atoms. The SMILES string of the molecule is CC1(C)CN(C(=O)c2cccc(O)c2)CC(CO)O1. The van der Waals surface area contributed by atoms with Gasteiger partial charge < -0.3 is 19.8 Å². The molecule has 1 fully saturated rings. The third-order valence-corrected chi connectivity index (χ3v) is 3.07. The number of hydrogen-bond donors (Lipinski definition) is 2. The van der Waals surface area contributed by atoms with Crippen molar-refractivity contribution in [2.75, 3.05) is 19.7 Å². The minimum atomic E-state index is -0.488. The molecule has 0 aromatic heterocycles. The predicted octanol–water partition coefficient (Wildman–Crippen LogP) is 1.00. The van der Waals surface area contributed by atoms with Crippen LogP contribution in [0.25, 0.3) is 0 Å². The number of rotatable bonds is 2. The third-order valence-electron chi connectivity index (χ3n) is 3.07. The minimum absolute atomic E-state index is 0.0667. The first-order chi connectivity index (χ1) is 8.91. The molecule has 0 bridgehead atoms. The molecule has 2 N–H and O–H groups in total. The number of morpholine rings is 1. The number of aromatic hydroxyl groups is 1. The van der Waals surface area contributed by atoms with Crippen LogP contribution in [0.2, 0.25) is 0 Å². The van der Waals surface area contributed by atoms with E-state index in [9.17, 15) is 15.0 Å². The summed E-state index contributed by atoms with van der Waals surface area (Å²) in [5, 5.41) is 18.7. The van der Waals surface area contributed by atoms with Gasteiger partial charge in [-0.15, -0.1) is 0 Å². The number of aliphatic hydroxyl groups is 1. The van der Waals surface area contributed by atoms with Crippen molar-refractivity contribution in [2.24, 2.45) is 0 Å². The number of ether oxygens (including phenoxy) is 1. The molecule has 0 radical (unpaired) electrons. The number of carbonyl (C=O) groups excluding carboxylic acids is 1. The Morgan fingerprint density at radius 2 is 2.26 bits per heavy atom. The number of hydrogen-bond acceptors (Lipinski definition) is 4. The monoisotopic (exact) mass is 265 g/mol. The molecule has 0 spiro atoms. The molecule has 1 aromatic carbocycles. The van der Waals surface area contributed by atoms with Gasteiger partial charge in [-0.05, 0) is 32.0 Å². The summed E-state index contributed by atoms with van der Waals surface area (Å²) in [7, 11) is 0. The molecule has 1 aliphatic heterocycles. The third kappa shape index (κ3) is 3.24. The Morgan fingerprint density at radius 1 is 1.53 bits per heavy atom. The Hall–Kier alpha value is -1.59. The van der Waals surface area contributed by atoms with Crippen molar-refractivity contribution in [3.63, 3.8) is 0 Å². The zero-order valence-corrected chi connectivity index (χ0v) is 11.2. The maximum atomic E-state index is 12.4. The van der Waals surface area contributed by atoms with Crippen LogP contribution in [0, 0.1) is 0 Å². The summed E-state index contributed by atoms with van der Waals surface area (Å²) in [5.41, 5.74) is -0.0487. The smallest absolute Gasteiger partial charge is 0.254 e. The number of phenolic OH excluding ortho intramolecular Hbond substituents is 1. The van der Waals surface area contributed by atoms with Crippen molar-refractivity contribution < 1.29 is 19.7 Å². The first-order valence-electron chi connectivity index (χ1n) is 6.28. The van der Waals surface area contributed by atoms with E-state index in [4.69, 9.17) is 4.74 Å². The van der Waals surface area contributed by atoms with Crippen molar-refractivity contribution in [3.05, 3.63) is 29.8 Å². The lowest BCUT2D eigenvalue weighted by Crippen LogP contribution is -2.55. The van der Waals surface area contributed by atoms with Gasteiger partial charge in [-0.25, -0.2) is 0 Å². The van der Waals surface area contributed by atoms with Gasteiger partial charge in [0.2, 0.25) is 0 Å². The lowest BCUT2D eigenvalue weighted by Gasteiger charge is -2.42. The van der Waals surface area contributed by atoms with Gasteiger partial charge in [0, 0.05) is 18.7 Å². The second kappa shape index (κ2) is 5.19. The Labute approximate surface area is 112 Å². The molecule has 5 heteroatoms. The minimum Gasteiger partial charge on any atom is -0.508 e. The summed E-state index contributed by atoms with van der Waals surface area (Å²) in [4.78, 5) is 14.0. The van der Waals surface area contributed by atoms with E-state index in [0.29, 0.717) is 18.7 Å². The first-order valence-corrected chi connectivity index (χ1v) is 6.28. The van der Waals surface area contributed by atoms with Gasteiger partial charge >= 0.3 is 0 Å². The highest BCUT2D eigenvalue weighted by molar-refractivity contribution is 5.94. The van der Waals surface area contributed by atoms with Crippen LogP contribution in [0.1, 0.15) is 24.2 Å². The molecule has 2 rings (SSSR count). The maximum absolute atomic E-state index is 12.4. The van der Waals surface area contributed by atoms with Gasteiger partial charge in [0.25, 0.3) is 5.91 Å². The Bertz CT molecular complexity index is 472. The van der Waals surface area contributed by atoms with Gasteiger partial charge in [-0.2, -0.15) is 0 Å². The van der Waals surface area contributed by atoms with E-state index in [1.807, 2.05) is 13.8 Å². The highest BCUT2D eigenvalue weighted by atomic mass is 16.5. The fourth-order valence-corrected chi connectivity index (χ4v) is 2.37. The molecule has 1 amide bonds. The number of amides is 1. The van der Waals surface area contributed by atoms with Crippen LogP contribution in [0.4, 0.5) is 0 Å². The van der Waals surface area contributed by atoms with E-state index in [2.05, 4.69) is 0 Å². The highest BCUT2D eigenvalue weighted by Gasteiger charge is 2.35. The van der Waals surface area contributed by atoms with Crippen molar-refractivity contribution in [1.82, 2.24) is 4.90 Å². The van der Waals surface area contributed by atoms with E-state index in [-0.39, 0.29) is 24.4 Å². The van der Waals surface area contributed by atoms with Crippen molar-refractivity contribution in [3.8, 4) is 5.75 Å². The molecule has 1 heterocycles. The topological polar surface area (TPSA) is 70.0 Å².